The standard InChI is InChI=1S/C15H20ClFN4/c1-4-21-14(15(16)10(3)20-21)8-13(19-18)11-5-9(2)6-12(17)7-11/h5-7,13,19H,4,8,18H2,1-3H3. The van der Waals surface area contributed by atoms with E-state index in [2.05, 4.69) is 10.5 Å². The van der Waals surface area contributed by atoms with E-state index >= 15 is 0 Å². The molecule has 1 atom stereocenters. The van der Waals surface area contributed by atoms with Crippen LogP contribution in [0.4, 0.5) is 4.39 Å². The van der Waals surface area contributed by atoms with Crippen LogP contribution >= 0.6 is 11.6 Å². The Balaban J connectivity index is 2.35. The molecule has 0 bridgehead atoms. The van der Waals surface area contributed by atoms with Gasteiger partial charge in [0.1, 0.15) is 5.82 Å². The van der Waals surface area contributed by atoms with E-state index in [-0.39, 0.29) is 11.9 Å². The molecule has 1 aromatic heterocycles. The number of hydrogen-bond donors (Lipinski definition) is 2. The van der Waals surface area contributed by atoms with Gasteiger partial charge >= 0.3 is 0 Å². The second-order valence-corrected chi connectivity index (χ2v) is 5.53. The number of hydrogen-bond acceptors (Lipinski definition) is 3. The van der Waals surface area contributed by atoms with Gasteiger partial charge in [-0.3, -0.25) is 16.0 Å². The summed E-state index contributed by atoms with van der Waals surface area (Å²) in [5.74, 6) is 5.39. The zero-order valence-corrected chi connectivity index (χ0v) is 13.2. The van der Waals surface area contributed by atoms with Crippen molar-refractivity contribution in [2.45, 2.75) is 39.8 Å². The van der Waals surface area contributed by atoms with Crippen LogP contribution in [-0.4, -0.2) is 9.78 Å². The van der Waals surface area contributed by atoms with E-state index in [9.17, 15) is 4.39 Å². The molecule has 2 aromatic rings. The van der Waals surface area contributed by atoms with E-state index < -0.39 is 0 Å². The molecule has 1 heterocycles. The molecule has 0 fully saturated rings. The Morgan fingerprint density at radius 1 is 1.38 bits per heavy atom. The van der Waals surface area contributed by atoms with Crippen LogP contribution in [0, 0.1) is 19.7 Å². The molecule has 0 aliphatic carbocycles. The second-order valence-electron chi connectivity index (χ2n) is 5.15. The number of aromatic nitrogens is 2. The molecule has 1 aromatic carbocycles. The highest BCUT2D eigenvalue weighted by Gasteiger charge is 2.19. The van der Waals surface area contributed by atoms with Gasteiger partial charge in [-0.25, -0.2) is 4.39 Å². The first-order valence-electron chi connectivity index (χ1n) is 6.91. The van der Waals surface area contributed by atoms with Crippen molar-refractivity contribution in [3.05, 3.63) is 51.6 Å². The SMILES string of the molecule is CCn1nc(C)c(Cl)c1CC(NN)c1cc(C)cc(F)c1. The van der Waals surface area contributed by atoms with Crippen LogP contribution in [0.1, 0.15) is 35.5 Å². The van der Waals surface area contributed by atoms with Crippen LogP contribution in [0.3, 0.4) is 0 Å². The summed E-state index contributed by atoms with van der Waals surface area (Å²) in [4.78, 5) is 0. The molecule has 114 valence electrons. The van der Waals surface area contributed by atoms with Gasteiger partial charge in [0.15, 0.2) is 0 Å². The minimum Gasteiger partial charge on any atom is -0.271 e. The van der Waals surface area contributed by atoms with Crippen LogP contribution in [0.5, 0.6) is 0 Å². The predicted octanol–water partition coefficient (Wildman–Crippen LogP) is 3.06. The molecule has 0 saturated carbocycles. The fraction of sp³-hybridized carbons (Fsp3) is 0.400. The fourth-order valence-electron chi connectivity index (χ4n) is 2.50. The molecule has 0 radical (unpaired) electrons. The van der Waals surface area contributed by atoms with Crippen molar-refractivity contribution in [3.63, 3.8) is 0 Å². The van der Waals surface area contributed by atoms with E-state index in [0.717, 1.165) is 29.1 Å². The number of benzene rings is 1. The highest BCUT2D eigenvalue weighted by molar-refractivity contribution is 6.31. The Hall–Kier alpha value is -1.43. The van der Waals surface area contributed by atoms with Gasteiger partial charge in [-0.2, -0.15) is 5.10 Å². The molecule has 0 spiro atoms. The van der Waals surface area contributed by atoms with Crippen molar-refractivity contribution in [1.82, 2.24) is 15.2 Å². The van der Waals surface area contributed by atoms with Crippen LogP contribution < -0.4 is 11.3 Å². The lowest BCUT2D eigenvalue weighted by atomic mass is 10.00. The van der Waals surface area contributed by atoms with E-state index in [1.165, 1.54) is 12.1 Å². The number of nitrogens with one attached hydrogen (secondary N) is 1. The van der Waals surface area contributed by atoms with Gasteiger partial charge < -0.3 is 0 Å². The molecule has 1 unspecified atom stereocenters. The van der Waals surface area contributed by atoms with Gasteiger partial charge in [-0.1, -0.05) is 17.7 Å². The highest BCUT2D eigenvalue weighted by Crippen LogP contribution is 2.26. The average molecular weight is 311 g/mol. The summed E-state index contributed by atoms with van der Waals surface area (Å²) in [6.45, 7) is 6.45. The third-order valence-corrected chi connectivity index (χ3v) is 4.01. The van der Waals surface area contributed by atoms with Crippen molar-refractivity contribution >= 4 is 11.6 Å². The van der Waals surface area contributed by atoms with Gasteiger partial charge in [-0.05, 0) is 44.0 Å². The van der Waals surface area contributed by atoms with Crippen molar-refractivity contribution in [3.8, 4) is 0 Å². The Kier molecular flexibility index (Phi) is 4.98. The topological polar surface area (TPSA) is 55.9 Å². The zero-order chi connectivity index (χ0) is 15.6. The Bertz CT molecular complexity index is 619. The Morgan fingerprint density at radius 2 is 2.10 bits per heavy atom. The minimum absolute atomic E-state index is 0.224. The highest BCUT2D eigenvalue weighted by atomic mass is 35.5. The van der Waals surface area contributed by atoms with E-state index in [4.69, 9.17) is 17.4 Å². The van der Waals surface area contributed by atoms with Crippen LogP contribution in [0.15, 0.2) is 18.2 Å². The first-order chi connectivity index (χ1) is 9.96. The number of hydrazine groups is 1. The van der Waals surface area contributed by atoms with Gasteiger partial charge in [0.25, 0.3) is 0 Å². The van der Waals surface area contributed by atoms with Gasteiger partial charge in [0.05, 0.1) is 22.5 Å². The summed E-state index contributed by atoms with van der Waals surface area (Å²) in [5, 5.41) is 5.03. The number of halogens is 2. The third kappa shape index (κ3) is 3.43. The molecule has 0 aliphatic rings. The molecule has 6 heteroatoms. The van der Waals surface area contributed by atoms with Crippen LogP contribution in [-0.2, 0) is 13.0 Å². The maximum Gasteiger partial charge on any atom is 0.123 e. The molecular weight excluding hydrogens is 291 g/mol. The van der Waals surface area contributed by atoms with Crippen molar-refractivity contribution in [2.75, 3.05) is 0 Å². The molecule has 21 heavy (non-hydrogen) atoms. The quantitative estimate of drug-likeness (QED) is 0.659. The lowest BCUT2D eigenvalue weighted by Crippen LogP contribution is -2.30. The van der Waals surface area contributed by atoms with Crippen LogP contribution in [0.25, 0.3) is 0 Å². The number of rotatable bonds is 5. The lowest BCUT2D eigenvalue weighted by Gasteiger charge is -2.18. The summed E-state index contributed by atoms with van der Waals surface area (Å²) in [7, 11) is 0. The maximum atomic E-state index is 13.6. The summed E-state index contributed by atoms with van der Waals surface area (Å²) < 4.78 is 15.4. The Morgan fingerprint density at radius 3 is 2.67 bits per heavy atom. The van der Waals surface area contributed by atoms with Gasteiger partial charge in [0.2, 0.25) is 0 Å². The second kappa shape index (κ2) is 6.56. The fourth-order valence-corrected chi connectivity index (χ4v) is 2.71. The maximum absolute atomic E-state index is 13.6. The molecular formula is C15H20ClFN4. The summed E-state index contributed by atoms with van der Waals surface area (Å²) in [6, 6.07) is 4.68. The smallest absolute Gasteiger partial charge is 0.123 e. The van der Waals surface area contributed by atoms with E-state index in [1.807, 2.05) is 31.5 Å². The largest absolute Gasteiger partial charge is 0.271 e. The number of nitrogens with two attached hydrogens (primary N) is 1. The lowest BCUT2D eigenvalue weighted by molar-refractivity contribution is 0.513. The van der Waals surface area contributed by atoms with Crippen molar-refractivity contribution in [2.24, 2.45) is 5.84 Å². The molecule has 2 rings (SSSR count). The monoisotopic (exact) mass is 310 g/mol. The molecule has 0 amide bonds. The van der Waals surface area contributed by atoms with Gasteiger partial charge in [0, 0.05) is 13.0 Å². The average Bonchev–Trinajstić information content (AvgIpc) is 2.70. The molecule has 0 saturated heterocycles. The number of aryl methyl sites for hydroxylation is 3. The predicted molar refractivity (Wildman–Crippen MR) is 82.6 cm³/mol. The minimum atomic E-state index is -0.267. The summed E-state index contributed by atoms with van der Waals surface area (Å²) >= 11 is 6.32. The first-order valence-corrected chi connectivity index (χ1v) is 7.29. The molecule has 0 aliphatic heterocycles. The van der Waals surface area contributed by atoms with Crippen molar-refractivity contribution < 1.29 is 4.39 Å². The van der Waals surface area contributed by atoms with Gasteiger partial charge in [-0.15, -0.1) is 0 Å². The van der Waals surface area contributed by atoms with E-state index in [0.29, 0.717) is 11.4 Å². The van der Waals surface area contributed by atoms with E-state index in [1.54, 1.807) is 0 Å². The van der Waals surface area contributed by atoms with Crippen LogP contribution in [0.2, 0.25) is 5.02 Å². The normalized spacial score (nSPS) is 12.7. The van der Waals surface area contributed by atoms with Crippen molar-refractivity contribution in [1.29, 1.82) is 0 Å². The zero-order valence-electron chi connectivity index (χ0n) is 12.5. The summed E-state index contributed by atoms with van der Waals surface area (Å²) in [6.07, 6.45) is 0.549. The molecule has 3 N–H and O–H groups in total. The summed E-state index contributed by atoms with van der Waals surface area (Å²) in [5.41, 5.74) is 6.09. The molecule has 4 nitrogen and oxygen atoms in total. The Labute approximate surface area is 129 Å². The number of nitrogens with zero attached hydrogens (tertiary/aromatic N) is 2. The first kappa shape index (κ1) is 15.9. The third-order valence-electron chi connectivity index (χ3n) is 3.52.